The van der Waals surface area contributed by atoms with Crippen LogP contribution in [0.1, 0.15) is 36.2 Å². The maximum absolute atomic E-state index is 12.6. The number of sulfonamides is 1. The highest BCUT2D eigenvalue weighted by molar-refractivity contribution is 7.92. The van der Waals surface area contributed by atoms with Crippen LogP contribution in [0.4, 0.5) is 11.4 Å². The van der Waals surface area contributed by atoms with E-state index in [1.807, 2.05) is 6.92 Å². The van der Waals surface area contributed by atoms with Crippen LogP contribution in [-0.2, 0) is 21.2 Å². The van der Waals surface area contributed by atoms with E-state index in [1.54, 1.807) is 35.2 Å². The molecule has 1 aliphatic heterocycles. The van der Waals surface area contributed by atoms with Crippen LogP contribution >= 0.6 is 0 Å². The van der Waals surface area contributed by atoms with Gasteiger partial charge in [0.2, 0.25) is 5.91 Å². The fraction of sp³-hybridized carbons (Fsp3) is 0.263. The normalized spacial score (nSPS) is 14.1. The predicted molar refractivity (Wildman–Crippen MR) is 100 cm³/mol. The van der Waals surface area contributed by atoms with E-state index in [0.717, 1.165) is 11.3 Å². The molecule has 136 valence electrons. The molecular formula is C19H20N2O4S. The number of anilines is 2. The van der Waals surface area contributed by atoms with Crippen LogP contribution in [0.15, 0.2) is 47.4 Å². The number of carbonyl (C=O) groups is 2. The zero-order valence-electron chi connectivity index (χ0n) is 14.7. The van der Waals surface area contributed by atoms with Crippen LogP contribution in [-0.4, -0.2) is 26.7 Å². The third kappa shape index (κ3) is 3.48. The molecule has 1 heterocycles. The molecule has 0 radical (unpaired) electrons. The number of hydrogen-bond donors (Lipinski definition) is 1. The van der Waals surface area contributed by atoms with E-state index in [2.05, 4.69) is 4.72 Å². The lowest BCUT2D eigenvalue weighted by Gasteiger charge is -2.28. The number of ketones is 1. The molecule has 0 saturated carbocycles. The number of aryl methyl sites for hydroxylation is 1. The van der Waals surface area contributed by atoms with Gasteiger partial charge in [-0.25, -0.2) is 8.42 Å². The molecule has 1 amide bonds. The van der Waals surface area contributed by atoms with Gasteiger partial charge in [0, 0.05) is 29.9 Å². The van der Waals surface area contributed by atoms with E-state index in [-0.39, 0.29) is 16.6 Å². The van der Waals surface area contributed by atoms with Gasteiger partial charge >= 0.3 is 0 Å². The summed E-state index contributed by atoms with van der Waals surface area (Å²) in [4.78, 5) is 25.2. The fourth-order valence-electron chi connectivity index (χ4n) is 3.07. The molecule has 0 bridgehead atoms. The Hall–Kier alpha value is -2.67. The maximum Gasteiger partial charge on any atom is 0.261 e. The van der Waals surface area contributed by atoms with Crippen molar-refractivity contribution in [3.05, 3.63) is 53.6 Å². The number of rotatable bonds is 5. The Labute approximate surface area is 152 Å². The molecule has 2 aromatic rings. The lowest BCUT2D eigenvalue weighted by molar-refractivity contribution is -0.118. The van der Waals surface area contributed by atoms with Crippen molar-refractivity contribution >= 4 is 33.1 Å². The van der Waals surface area contributed by atoms with E-state index in [4.69, 9.17) is 0 Å². The van der Waals surface area contributed by atoms with Gasteiger partial charge in [-0.3, -0.25) is 14.3 Å². The maximum atomic E-state index is 12.6. The van der Waals surface area contributed by atoms with E-state index in [1.165, 1.54) is 19.1 Å². The standard InChI is InChI=1S/C19H20N2O4S/c1-3-21-18-9-8-16(11-15(18)7-10-19(21)23)20-26(24,25)17-6-4-5-14(12-17)13(2)22/h4-6,8-9,11-12,20H,3,7,10H2,1-2H3. The van der Waals surface area contributed by atoms with Crippen LogP contribution in [0.25, 0.3) is 0 Å². The molecule has 3 rings (SSSR count). The largest absolute Gasteiger partial charge is 0.312 e. The third-order valence-corrected chi connectivity index (χ3v) is 5.78. The summed E-state index contributed by atoms with van der Waals surface area (Å²) < 4.78 is 27.8. The first-order chi connectivity index (χ1) is 12.3. The Morgan fingerprint density at radius 1 is 1.15 bits per heavy atom. The topological polar surface area (TPSA) is 83.6 Å². The van der Waals surface area contributed by atoms with E-state index >= 15 is 0 Å². The number of nitrogens with zero attached hydrogens (tertiary/aromatic N) is 1. The Kier molecular flexibility index (Phi) is 4.82. The van der Waals surface area contributed by atoms with Crippen molar-refractivity contribution in [1.82, 2.24) is 0 Å². The number of fused-ring (bicyclic) bond motifs is 1. The molecule has 0 atom stereocenters. The Balaban J connectivity index is 1.90. The second-order valence-corrected chi connectivity index (χ2v) is 7.85. The molecule has 0 aromatic heterocycles. The van der Waals surface area contributed by atoms with Crippen molar-refractivity contribution in [2.75, 3.05) is 16.2 Å². The van der Waals surface area contributed by atoms with Gasteiger partial charge < -0.3 is 4.90 Å². The summed E-state index contributed by atoms with van der Waals surface area (Å²) in [7, 11) is -3.81. The second-order valence-electron chi connectivity index (χ2n) is 6.17. The monoisotopic (exact) mass is 372 g/mol. The molecule has 1 N–H and O–H groups in total. The zero-order valence-corrected chi connectivity index (χ0v) is 15.5. The summed E-state index contributed by atoms with van der Waals surface area (Å²) in [5.74, 6) is -0.116. The first-order valence-electron chi connectivity index (χ1n) is 8.39. The minimum Gasteiger partial charge on any atom is -0.312 e. The minimum atomic E-state index is -3.81. The molecule has 7 heteroatoms. The van der Waals surface area contributed by atoms with Gasteiger partial charge in [-0.1, -0.05) is 12.1 Å². The number of amides is 1. The summed E-state index contributed by atoms with van der Waals surface area (Å²) >= 11 is 0. The molecule has 0 fully saturated rings. The summed E-state index contributed by atoms with van der Waals surface area (Å²) in [6, 6.07) is 11.1. The smallest absolute Gasteiger partial charge is 0.261 e. The Morgan fingerprint density at radius 3 is 2.62 bits per heavy atom. The van der Waals surface area contributed by atoms with Crippen molar-refractivity contribution < 1.29 is 18.0 Å². The van der Waals surface area contributed by atoms with Crippen LogP contribution < -0.4 is 9.62 Å². The van der Waals surface area contributed by atoms with Gasteiger partial charge in [-0.2, -0.15) is 0 Å². The van der Waals surface area contributed by atoms with E-state index in [9.17, 15) is 18.0 Å². The molecule has 0 saturated heterocycles. The summed E-state index contributed by atoms with van der Waals surface area (Å²) in [5, 5.41) is 0. The van der Waals surface area contributed by atoms with Crippen molar-refractivity contribution in [3.63, 3.8) is 0 Å². The quantitative estimate of drug-likeness (QED) is 0.818. The second kappa shape index (κ2) is 6.92. The zero-order chi connectivity index (χ0) is 18.9. The summed E-state index contributed by atoms with van der Waals surface area (Å²) in [6.45, 7) is 3.88. The van der Waals surface area contributed by atoms with Gasteiger partial charge in [0.25, 0.3) is 10.0 Å². The first-order valence-corrected chi connectivity index (χ1v) is 9.87. The molecule has 0 spiro atoms. The van der Waals surface area contributed by atoms with Crippen LogP contribution in [0.2, 0.25) is 0 Å². The number of benzene rings is 2. The SMILES string of the molecule is CCN1C(=O)CCc2cc(NS(=O)(=O)c3cccc(C(C)=O)c3)ccc21. The highest BCUT2D eigenvalue weighted by Gasteiger charge is 2.23. The van der Waals surface area contributed by atoms with Crippen LogP contribution in [0.5, 0.6) is 0 Å². The van der Waals surface area contributed by atoms with Gasteiger partial charge in [0.05, 0.1) is 4.90 Å². The number of Topliss-reactive ketones (excluding diaryl/α,β-unsaturated/α-hetero) is 1. The Bertz CT molecular complexity index is 983. The Morgan fingerprint density at radius 2 is 1.92 bits per heavy atom. The minimum absolute atomic E-state index is 0.0354. The number of carbonyl (C=O) groups excluding carboxylic acids is 2. The molecule has 0 aliphatic carbocycles. The highest BCUT2D eigenvalue weighted by atomic mass is 32.2. The third-order valence-electron chi connectivity index (χ3n) is 4.40. The van der Waals surface area contributed by atoms with Gasteiger partial charge in [-0.15, -0.1) is 0 Å². The van der Waals surface area contributed by atoms with Crippen LogP contribution in [0, 0.1) is 0 Å². The van der Waals surface area contributed by atoms with E-state index < -0.39 is 10.0 Å². The summed E-state index contributed by atoms with van der Waals surface area (Å²) in [6.07, 6.45) is 0.998. The van der Waals surface area contributed by atoms with E-state index in [0.29, 0.717) is 30.6 Å². The van der Waals surface area contributed by atoms with Crippen molar-refractivity contribution in [2.24, 2.45) is 0 Å². The number of nitrogens with one attached hydrogen (secondary N) is 1. The molecule has 1 aliphatic rings. The van der Waals surface area contributed by atoms with Crippen molar-refractivity contribution in [1.29, 1.82) is 0 Å². The molecular weight excluding hydrogens is 352 g/mol. The fourth-order valence-corrected chi connectivity index (χ4v) is 4.16. The lowest BCUT2D eigenvalue weighted by atomic mass is 10.0. The lowest BCUT2D eigenvalue weighted by Crippen LogP contribution is -2.34. The van der Waals surface area contributed by atoms with Crippen LogP contribution in [0.3, 0.4) is 0 Å². The first kappa shape index (κ1) is 18.1. The molecule has 26 heavy (non-hydrogen) atoms. The molecule has 6 nitrogen and oxygen atoms in total. The van der Waals surface area contributed by atoms with Gasteiger partial charge in [-0.05, 0) is 56.2 Å². The van der Waals surface area contributed by atoms with Gasteiger partial charge in [0.1, 0.15) is 0 Å². The average molecular weight is 372 g/mol. The molecule has 2 aromatic carbocycles. The van der Waals surface area contributed by atoms with Gasteiger partial charge in [0.15, 0.2) is 5.78 Å². The van der Waals surface area contributed by atoms with Crippen molar-refractivity contribution in [3.8, 4) is 0 Å². The number of hydrogen-bond acceptors (Lipinski definition) is 4. The summed E-state index contributed by atoms with van der Waals surface area (Å²) in [5.41, 5.74) is 2.53. The highest BCUT2D eigenvalue weighted by Crippen LogP contribution is 2.31. The predicted octanol–water partition coefficient (Wildman–Crippen LogP) is 2.99. The molecule has 0 unspecified atom stereocenters. The average Bonchev–Trinajstić information content (AvgIpc) is 2.61. The van der Waals surface area contributed by atoms with Crippen molar-refractivity contribution in [2.45, 2.75) is 31.6 Å².